The Labute approximate surface area is 153 Å². The van der Waals surface area contributed by atoms with E-state index in [9.17, 15) is 0 Å². The molecule has 0 aromatic carbocycles. The smallest absolute Gasteiger partial charge is 0.00965 e. The van der Waals surface area contributed by atoms with Crippen molar-refractivity contribution in [1.29, 1.82) is 0 Å². The molecule has 2 heteroatoms. The maximum Gasteiger partial charge on any atom is 0.00965 e. The van der Waals surface area contributed by atoms with E-state index in [2.05, 4.69) is 51.8 Å². The van der Waals surface area contributed by atoms with E-state index >= 15 is 0 Å². The van der Waals surface area contributed by atoms with Crippen LogP contribution in [-0.4, -0.2) is 36.6 Å². The van der Waals surface area contributed by atoms with E-state index in [0.717, 1.165) is 17.8 Å². The average Bonchev–Trinajstić information content (AvgIpc) is 2.89. The summed E-state index contributed by atoms with van der Waals surface area (Å²) >= 11 is 0. The van der Waals surface area contributed by atoms with Crippen LogP contribution in [0.3, 0.4) is 0 Å². The molecule has 1 fully saturated rings. The lowest BCUT2D eigenvalue weighted by atomic mass is 9.91. The number of hydrogen-bond acceptors (Lipinski definition) is 2. The van der Waals surface area contributed by atoms with Gasteiger partial charge in [0.15, 0.2) is 0 Å². The average molecular weight is 339 g/mol. The quantitative estimate of drug-likeness (QED) is 0.458. The van der Waals surface area contributed by atoms with Crippen LogP contribution < -0.4 is 5.32 Å². The molecule has 2 nitrogen and oxygen atoms in total. The Morgan fingerprint density at radius 1 is 1.00 bits per heavy atom. The number of hydrogen-bond donors (Lipinski definition) is 1. The Bertz CT molecular complexity index is 306. The first-order valence-corrected chi connectivity index (χ1v) is 10.7. The zero-order valence-electron chi connectivity index (χ0n) is 17.7. The van der Waals surface area contributed by atoms with Gasteiger partial charge in [0.1, 0.15) is 0 Å². The van der Waals surface area contributed by atoms with Crippen LogP contribution in [0.25, 0.3) is 0 Å². The molecule has 0 spiro atoms. The van der Waals surface area contributed by atoms with Gasteiger partial charge in [0.05, 0.1) is 0 Å². The van der Waals surface area contributed by atoms with Crippen molar-refractivity contribution in [3.63, 3.8) is 0 Å². The van der Waals surface area contributed by atoms with Gasteiger partial charge in [-0.1, -0.05) is 46.5 Å². The fourth-order valence-electron chi connectivity index (χ4n) is 3.96. The molecule has 0 bridgehead atoms. The highest BCUT2D eigenvalue weighted by molar-refractivity contribution is 4.77. The van der Waals surface area contributed by atoms with E-state index < -0.39 is 0 Å². The second-order valence-electron chi connectivity index (χ2n) is 9.86. The summed E-state index contributed by atoms with van der Waals surface area (Å²) in [5.41, 5.74) is 0.272. The molecule has 1 heterocycles. The van der Waals surface area contributed by atoms with Crippen LogP contribution in [0, 0.1) is 17.8 Å². The van der Waals surface area contributed by atoms with Crippen molar-refractivity contribution in [2.45, 2.75) is 98.4 Å². The molecule has 0 saturated carbocycles. The van der Waals surface area contributed by atoms with Crippen molar-refractivity contribution < 1.29 is 0 Å². The van der Waals surface area contributed by atoms with Gasteiger partial charge in [-0.25, -0.2) is 0 Å². The predicted octanol–water partition coefficient (Wildman–Crippen LogP) is 5.72. The fraction of sp³-hybridized carbons (Fsp3) is 1.00. The van der Waals surface area contributed by atoms with Crippen LogP contribution in [0.4, 0.5) is 0 Å². The van der Waals surface area contributed by atoms with Crippen LogP contribution in [0.15, 0.2) is 0 Å². The van der Waals surface area contributed by atoms with Crippen LogP contribution in [-0.2, 0) is 0 Å². The van der Waals surface area contributed by atoms with E-state index in [1.807, 2.05) is 0 Å². The molecule has 0 radical (unpaired) electrons. The first-order chi connectivity index (χ1) is 11.3. The summed E-state index contributed by atoms with van der Waals surface area (Å²) in [4.78, 5) is 2.73. The first-order valence-electron chi connectivity index (χ1n) is 10.7. The highest BCUT2D eigenvalue weighted by Crippen LogP contribution is 2.26. The van der Waals surface area contributed by atoms with Gasteiger partial charge in [-0.05, 0) is 83.8 Å². The predicted molar refractivity (Wildman–Crippen MR) is 109 cm³/mol. The normalized spacial score (nSPS) is 20.9. The number of rotatable bonds is 12. The summed E-state index contributed by atoms with van der Waals surface area (Å²) < 4.78 is 0. The Morgan fingerprint density at radius 3 is 2.38 bits per heavy atom. The van der Waals surface area contributed by atoms with E-state index in [1.54, 1.807) is 0 Å². The molecule has 2 unspecified atom stereocenters. The van der Waals surface area contributed by atoms with Crippen molar-refractivity contribution in [2.24, 2.45) is 17.8 Å². The summed E-state index contributed by atoms with van der Waals surface area (Å²) in [5, 5.41) is 3.60. The second-order valence-corrected chi connectivity index (χ2v) is 9.86. The maximum absolute atomic E-state index is 3.60. The molecule has 0 aromatic rings. The van der Waals surface area contributed by atoms with Crippen LogP contribution >= 0.6 is 0 Å². The highest BCUT2D eigenvalue weighted by Gasteiger charge is 2.23. The summed E-state index contributed by atoms with van der Waals surface area (Å²) in [7, 11) is 0. The van der Waals surface area contributed by atoms with Gasteiger partial charge < -0.3 is 10.2 Å². The van der Waals surface area contributed by atoms with E-state index in [0.29, 0.717) is 0 Å². The molecule has 1 aliphatic heterocycles. The molecular formula is C22H46N2. The van der Waals surface area contributed by atoms with Crippen LogP contribution in [0.5, 0.6) is 0 Å². The topological polar surface area (TPSA) is 15.3 Å². The largest absolute Gasteiger partial charge is 0.312 e. The Kier molecular flexibility index (Phi) is 10.5. The van der Waals surface area contributed by atoms with Gasteiger partial charge in [0.25, 0.3) is 0 Å². The third kappa shape index (κ3) is 11.5. The van der Waals surface area contributed by atoms with Gasteiger partial charge >= 0.3 is 0 Å². The molecule has 1 aliphatic rings. The third-order valence-corrected chi connectivity index (χ3v) is 5.39. The first kappa shape index (κ1) is 22.0. The molecule has 0 aliphatic carbocycles. The Hall–Kier alpha value is -0.0800. The Balaban J connectivity index is 2.02. The minimum absolute atomic E-state index is 0.272. The van der Waals surface area contributed by atoms with Crippen LogP contribution in [0.2, 0.25) is 0 Å². The van der Waals surface area contributed by atoms with Gasteiger partial charge in [-0.2, -0.15) is 0 Å². The minimum atomic E-state index is 0.272. The third-order valence-electron chi connectivity index (χ3n) is 5.39. The highest BCUT2D eigenvalue weighted by atomic mass is 15.1. The molecule has 1 N–H and O–H groups in total. The van der Waals surface area contributed by atoms with Crippen molar-refractivity contribution in [3.05, 3.63) is 0 Å². The standard InChI is InChI=1S/C22H46N2/c1-19(2)11-8-10-15-24-16-13-21(18-24)17-20(3)12-7-9-14-23-22(4,5)6/h19-21,23H,7-18H2,1-6H3. The van der Waals surface area contributed by atoms with Crippen LogP contribution in [0.1, 0.15) is 92.9 Å². The Morgan fingerprint density at radius 2 is 1.71 bits per heavy atom. The maximum atomic E-state index is 3.60. The molecule has 1 saturated heterocycles. The lowest BCUT2D eigenvalue weighted by Gasteiger charge is -2.21. The minimum Gasteiger partial charge on any atom is -0.312 e. The number of likely N-dealkylation sites (tertiary alicyclic amines) is 1. The number of nitrogens with zero attached hydrogens (tertiary/aromatic N) is 1. The summed E-state index contributed by atoms with van der Waals surface area (Å²) in [6, 6.07) is 0. The van der Waals surface area contributed by atoms with Gasteiger partial charge in [-0.3, -0.25) is 0 Å². The van der Waals surface area contributed by atoms with Crippen molar-refractivity contribution in [1.82, 2.24) is 10.2 Å². The summed E-state index contributed by atoms with van der Waals surface area (Å²) in [6.45, 7) is 19.2. The number of nitrogens with one attached hydrogen (secondary N) is 1. The second kappa shape index (κ2) is 11.5. The zero-order valence-corrected chi connectivity index (χ0v) is 17.7. The molecule has 0 aromatic heterocycles. The molecule has 1 rings (SSSR count). The molecule has 0 amide bonds. The lowest BCUT2D eigenvalue weighted by molar-refractivity contribution is 0.295. The van der Waals surface area contributed by atoms with Gasteiger partial charge in [-0.15, -0.1) is 0 Å². The zero-order chi connectivity index (χ0) is 18.0. The summed E-state index contributed by atoms with van der Waals surface area (Å²) in [5.74, 6) is 2.75. The van der Waals surface area contributed by atoms with E-state index in [1.165, 1.54) is 77.5 Å². The van der Waals surface area contributed by atoms with E-state index in [4.69, 9.17) is 0 Å². The molecule has 2 atom stereocenters. The van der Waals surface area contributed by atoms with Crippen molar-refractivity contribution in [2.75, 3.05) is 26.2 Å². The van der Waals surface area contributed by atoms with E-state index in [-0.39, 0.29) is 5.54 Å². The van der Waals surface area contributed by atoms with Gasteiger partial charge in [0, 0.05) is 12.1 Å². The van der Waals surface area contributed by atoms with Crippen molar-refractivity contribution in [3.8, 4) is 0 Å². The lowest BCUT2D eigenvalue weighted by Crippen LogP contribution is -2.36. The molecular weight excluding hydrogens is 292 g/mol. The molecule has 24 heavy (non-hydrogen) atoms. The van der Waals surface area contributed by atoms with Gasteiger partial charge in [0.2, 0.25) is 0 Å². The monoisotopic (exact) mass is 338 g/mol. The fourth-order valence-corrected chi connectivity index (χ4v) is 3.96. The number of unbranched alkanes of at least 4 members (excludes halogenated alkanes) is 2. The summed E-state index contributed by atoms with van der Waals surface area (Å²) in [6.07, 6.45) is 11.2. The SMILES string of the molecule is CC(C)CCCCN1CCC(CC(C)CCCCNC(C)(C)C)C1. The molecule has 144 valence electrons. The van der Waals surface area contributed by atoms with Crippen molar-refractivity contribution >= 4 is 0 Å².